The predicted molar refractivity (Wildman–Crippen MR) is 103 cm³/mol. The molecule has 0 aliphatic carbocycles. The molecule has 1 aliphatic rings. The van der Waals surface area contributed by atoms with Gasteiger partial charge in [0.05, 0.1) is 18.6 Å². The molecule has 1 fully saturated rings. The van der Waals surface area contributed by atoms with Gasteiger partial charge in [-0.15, -0.1) is 6.42 Å². The third kappa shape index (κ3) is 7.31. The van der Waals surface area contributed by atoms with Gasteiger partial charge in [0.1, 0.15) is 0 Å². The largest absolute Gasteiger partial charge is 0.394 e. The van der Waals surface area contributed by atoms with Crippen LogP contribution in [0.15, 0.2) is 21.9 Å². The average Bonchev–Trinajstić information content (AvgIpc) is 3.12. The number of aliphatic hydroxyl groups excluding tert-OH is 1. The van der Waals surface area contributed by atoms with Gasteiger partial charge in [0.25, 0.3) is 5.56 Å². The van der Waals surface area contributed by atoms with Crippen molar-refractivity contribution < 1.29 is 19.7 Å². The summed E-state index contributed by atoms with van der Waals surface area (Å²) < 4.78 is 11.5. The number of rotatable bonds is 5. The third-order valence-electron chi connectivity index (χ3n) is 4.22. The number of hydrogen-bond acceptors (Lipinski definition) is 6. The number of aliphatic hydroxyl groups is 2. The Kier molecular flexibility index (Phi) is 11.6. The fourth-order valence-electron chi connectivity index (χ4n) is 2.44. The number of aromatic amines is 1. The molecule has 27 heavy (non-hydrogen) atoms. The maximum atomic E-state index is 11.6. The lowest BCUT2D eigenvalue weighted by Crippen LogP contribution is -2.33. The molecule has 1 aromatic heterocycles. The van der Waals surface area contributed by atoms with E-state index in [0.29, 0.717) is 19.3 Å². The van der Waals surface area contributed by atoms with Crippen LogP contribution in [-0.4, -0.2) is 45.4 Å². The molecular weight excluding hydrogens is 352 g/mol. The number of H-pyrrole nitrogens is 1. The van der Waals surface area contributed by atoms with Crippen LogP contribution in [0.2, 0.25) is 0 Å². The van der Waals surface area contributed by atoms with Crippen LogP contribution in [0.4, 0.5) is 0 Å². The Bertz CT molecular complexity index is 678. The molecule has 0 saturated carbocycles. The maximum absolute atomic E-state index is 11.6. The SMILES string of the molecule is C#CC1CC(CO)OC1n1ccc(=O)[nH]c1=O.CC.CCC(O)(CC)OC. The molecule has 0 radical (unpaired) electrons. The van der Waals surface area contributed by atoms with Crippen molar-refractivity contribution in [3.63, 3.8) is 0 Å². The fourth-order valence-corrected chi connectivity index (χ4v) is 2.44. The molecule has 1 aromatic rings. The van der Waals surface area contributed by atoms with Crippen LogP contribution < -0.4 is 11.2 Å². The Labute approximate surface area is 160 Å². The van der Waals surface area contributed by atoms with E-state index < -0.39 is 23.3 Å². The maximum Gasteiger partial charge on any atom is 0.330 e. The van der Waals surface area contributed by atoms with E-state index in [0.717, 1.165) is 0 Å². The van der Waals surface area contributed by atoms with Crippen molar-refractivity contribution in [2.75, 3.05) is 13.7 Å². The molecular formula is C19H32N2O6. The molecule has 3 unspecified atom stereocenters. The van der Waals surface area contributed by atoms with E-state index in [1.54, 1.807) is 0 Å². The molecule has 0 spiro atoms. The Morgan fingerprint density at radius 3 is 2.37 bits per heavy atom. The summed E-state index contributed by atoms with van der Waals surface area (Å²) in [6, 6.07) is 1.23. The zero-order valence-corrected chi connectivity index (χ0v) is 16.8. The summed E-state index contributed by atoms with van der Waals surface area (Å²) in [5, 5.41) is 18.2. The van der Waals surface area contributed by atoms with E-state index in [4.69, 9.17) is 21.0 Å². The second kappa shape index (κ2) is 12.5. The van der Waals surface area contributed by atoms with Gasteiger partial charge in [-0.25, -0.2) is 4.79 Å². The highest BCUT2D eigenvalue weighted by Gasteiger charge is 2.35. The van der Waals surface area contributed by atoms with Gasteiger partial charge in [-0.2, -0.15) is 0 Å². The number of aromatic nitrogens is 2. The zero-order chi connectivity index (χ0) is 21.0. The highest BCUT2D eigenvalue weighted by molar-refractivity contribution is 5.01. The molecule has 3 N–H and O–H groups in total. The van der Waals surface area contributed by atoms with Crippen molar-refractivity contribution in [2.24, 2.45) is 5.92 Å². The minimum atomic E-state index is -0.875. The van der Waals surface area contributed by atoms with Crippen LogP contribution >= 0.6 is 0 Å². The summed E-state index contributed by atoms with van der Waals surface area (Å²) in [5.74, 6) is 1.36. The molecule has 3 atom stereocenters. The van der Waals surface area contributed by atoms with Gasteiger partial charge in [-0.1, -0.05) is 33.6 Å². The van der Waals surface area contributed by atoms with Gasteiger partial charge in [-0.05, 0) is 19.3 Å². The van der Waals surface area contributed by atoms with Crippen molar-refractivity contribution in [3.8, 4) is 12.3 Å². The lowest BCUT2D eigenvalue weighted by Gasteiger charge is -2.22. The third-order valence-corrected chi connectivity index (χ3v) is 4.22. The van der Waals surface area contributed by atoms with E-state index in [1.807, 2.05) is 27.7 Å². The lowest BCUT2D eigenvalue weighted by atomic mass is 10.0. The monoisotopic (exact) mass is 384 g/mol. The summed E-state index contributed by atoms with van der Waals surface area (Å²) in [4.78, 5) is 24.7. The number of terminal acetylenes is 1. The molecule has 2 heterocycles. The Morgan fingerprint density at radius 1 is 1.41 bits per heavy atom. The van der Waals surface area contributed by atoms with Crippen LogP contribution in [0.5, 0.6) is 0 Å². The molecule has 8 heteroatoms. The number of ether oxygens (including phenoxy) is 2. The molecule has 0 bridgehead atoms. The Morgan fingerprint density at radius 2 is 2.00 bits per heavy atom. The van der Waals surface area contributed by atoms with Crippen LogP contribution in [0, 0.1) is 18.3 Å². The van der Waals surface area contributed by atoms with Crippen molar-refractivity contribution in [3.05, 3.63) is 33.1 Å². The summed E-state index contributed by atoms with van der Waals surface area (Å²) in [6.45, 7) is 7.65. The number of nitrogens with one attached hydrogen (secondary N) is 1. The topological polar surface area (TPSA) is 114 Å². The van der Waals surface area contributed by atoms with Gasteiger partial charge in [0.15, 0.2) is 12.0 Å². The lowest BCUT2D eigenvalue weighted by molar-refractivity contribution is -0.188. The van der Waals surface area contributed by atoms with Gasteiger partial charge in [0, 0.05) is 19.4 Å². The molecule has 1 saturated heterocycles. The summed E-state index contributed by atoms with van der Waals surface area (Å²) in [5.41, 5.74) is -1.04. The minimum Gasteiger partial charge on any atom is -0.394 e. The number of hydrogen-bond donors (Lipinski definition) is 3. The molecule has 1 aliphatic heterocycles. The molecule has 0 amide bonds. The van der Waals surface area contributed by atoms with E-state index in [2.05, 4.69) is 10.9 Å². The van der Waals surface area contributed by atoms with Crippen LogP contribution in [0.25, 0.3) is 0 Å². The summed E-state index contributed by atoms with van der Waals surface area (Å²) in [6.07, 6.45) is 7.48. The first-order valence-electron chi connectivity index (χ1n) is 9.15. The summed E-state index contributed by atoms with van der Waals surface area (Å²) in [7, 11) is 1.52. The fraction of sp³-hybridized carbons (Fsp3) is 0.684. The smallest absolute Gasteiger partial charge is 0.330 e. The molecule has 8 nitrogen and oxygen atoms in total. The van der Waals surface area contributed by atoms with Crippen LogP contribution in [-0.2, 0) is 9.47 Å². The van der Waals surface area contributed by atoms with E-state index in [1.165, 1.54) is 23.9 Å². The normalized spacial score (nSPS) is 21.3. The zero-order valence-electron chi connectivity index (χ0n) is 16.8. The molecule has 154 valence electrons. The molecule has 2 rings (SSSR count). The van der Waals surface area contributed by atoms with Gasteiger partial charge in [-0.3, -0.25) is 14.3 Å². The quantitative estimate of drug-likeness (QED) is 0.520. The molecule has 0 aromatic carbocycles. The highest BCUT2D eigenvalue weighted by atomic mass is 16.6. The van der Waals surface area contributed by atoms with Crippen molar-refractivity contribution in [2.45, 2.75) is 65.1 Å². The van der Waals surface area contributed by atoms with E-state index >= 15 is 0 Å². The van der Waals surface area contributed by atoms with Crippen molar-refractivity contribution in [1.29, 1.82) is 0 Å². The van der Waals surface area contributed by atoms with Crippen LogP contribution in [0.3, 0.4) is 0 Å². The van der Waals surface area contributed by atoms with Gasteiger partial charge < -0.3 is 19.7 Å². The second-order valence-corrected chi connectivity index (χ2v) is 5.71. The first kappa shape index (κ1) is 25.1. The first-order chi connectivity index (χ1) is 12.8. The Hall–Kier alpha value is -1.92. The predicted octanol–water partition coefficient (Wildman–Crippen LogP) is 1.23. The first-order valence-corrected chi connectivity index (χ1v) is 9.15. The number of nitrogens with zero attached hydrogens (tertiary/aromatic N) is 1. The average molecular weight is 384 g/mol. The highest BCUT2D eigenvalue weighted by Crippen LogP contribution is 2.32. The Balaban J connectivity index is 0.000000574. The van der Waals surface area contributed by atoms with Crippen LogP contribution in [0.1, 0.15) is 53.2 Å². The van der Waals surface area contributed by atoms with Gasteiger partial charge >= 0.3 is 5.69 Å². The standard InChI is InChI=1S/C11H12N2O4.C6H14O2.C2H6/c1-2-7-5-8(6-14)17-10(7)13-4-3-9(15)12-11(13)16;1-4-6(7,5-2)8-3;1-2/h1,3-4,7-8,10,14H,5-6H2,(H,12,15,16);7H,4-5H2,1-3H3;1-2H3. The van der Waals surface area contributed by atoms with E-state index in [9.17, 15) is 14.7 Å². The van der Waals surface area contributed by atoms with Crippen molar-refractivity contribution >= 4 is 0 Å². The van der Waals surface area contributed by atoms with Gasteiger partial charge in [0.2, 0.25) is 0 Å². The van der Waals surface area contributed by atoms with Crippen molar-refractivity contribution in [1.82, 2.24) is 9.55 Å². The minimum absolute atomic E-state index is 0.146. The van der Waals surface area contributed by atoms with E-state index in [-0.39, 0.29) is 18.6 Å². The summed E-state index contributed by atoms with van der Waals surface area (Å²) >= 11 is 0. The number of methoxy groups -OCH3 is 1. The second-order valence-electron chi connectivity index (χ2n) is 5.71.